The van der Waals surface area contributed by atoms with Crippen LogP contribution in [0.15, 0.2) is 84.9 Å². The molecule has 0 aliphatic heterocycles. The number of nitrogen functional groups attached to an aromatic ring is 1. The van der Waals surface area contributed by atoms with Crippen molar-refractivity contribution < 1.29 is 4.79 Å². The predicted octanol–water partition coefficient (Wildman–Crippen LogP) is 5.09. The number of fused-ring (bicyclic) bond motifs is 1. The molecule has 3 nitrogen and oxygen atoms in total. The fourth-order valence-electron chi connectivity index (χ4n) is 3.64. The van der Waals surface area contributed by atoms with Crippen molar-refractivity contribution in [3.63, 3.8) is 0 Å². The lowest BCUT2D eigenvalue weighted by atomic mass is 9.88. The summed E-state index contributed by atoms with van der Waals surface area (Å²) in [5.74, 6) is 5.24. The Bertz CT molecular complexity index is 1130. The molecule has 0 saturated heterocycles. The fraction of sp³-hybridized carbons (Fsp3) is 0.0417. The Morgan fingerprint density at radius 2 is 1.37 bits per heavy atom. The van der Waals surface area contributed by atoms with Crippen LogP contribution in [0.5, 0.6) is 0 Å². The van der Waals surface area contributed by atoms with Crippen molar-refractivity contribution in [1.82, 2.24) is 5.43 Å². The van der Waals surface area contributed by atoms with Crippen molar-refractivity contribution in [3.05, 3.63) is 96.1 Å². The third-order valence-corrected chi connectivity index (χ3v) is 4.94. The monoisotopic (exact) mass is 352 g/mol. The number of nitrogens with two attached hydrogens (primary N) is 1. The molecule has 0 radical (unpaired) electrons. The number of hydrazine groups is 1. The molecule has 0 aromatic heterocycles. The molecule has 3 heteroatoms. The van der Waals surface area contributed by atoms with Gasteiger partial charge in [-0.1, -0.05) is 84.9 Å². The average molecular weight is 352 g/mol. The van der Waals surface area contributed by atoms with Crippen LogP contribution in [-0.2, 0) is 0 Å². The van der Waals surface area contributed by atoms with E-state index in [1.807, 2.05) is 60.7 Å². The summed E-state index contributed by atoms with van der Waals surface area (Å²) in [6.45, 7) is 2.10. The zero-order valence-corrected chi connectivity index (χ0v) is 15.1. The van der Waals surface area contributed by atoms with E-state index in [9.17, 15) is 4.79 Å². The van der Waals surface area contributed by atoms with Crippen molar-refractivity contribution >= 4 is 16.7 Å². The number of hydrogen-bond acceptors (Lipinski definition) is 2. The van der Waals surface area contributed by atoms with Gasteiger partial charge >= 0.3 is 0 Å². The molecule has 132 valence electrons. The average Bonchev–Trinajstić information content (AvgIpc) is 2.74. The lowest BCUT2D eigenvalue weighted by Crippen LogP contribution is -2.31. The Morgan fingerprint density at radius 1 is 0.704 bits per heavy atom. The first-order valence-electron chi connectivity index (χ1n) is 8.89. The summed E-state index contributed by atoms with van der Waals surface area (Å²) in [4.78, 5) is 12.8. The smallest absolute Gasteiger partial charge is 0.266 e. The highest BCUT2D eigenvalue weighted by molar-refractivity contribution is 6.10. The summed E-state index contributed by atoms with van der Waals surface area (Å²) in [5.41, 5.74) is 7.85. The highest BCUT2D eigenvalue weighted by atomic mass is 16.2. The topological polar surface area (TPSA) is 55.1 Å². The van der Waals surface area contributed by atoms with Crippen LogP contribution in [-0.4, -0.2) is 5.91 Å². The maximum atomic E-state index is 12.8. The minimum absolute atomic E-state index is 0.297. The molecule has 0 heterocycles. The van der Waals surface area contributed by atoms with E-state index in [0.29, 0.717) is 5.56 Å². The van der Waals surface area contributed by atoms with E-state index in [0.717, 1.165) is 27.6 Å². The Hall–Kier alpha value is -3.43. The second-order valence-corrected chi connectivity index (χ2v) is 6.54. The van der Waals surface area contributed by atoms with Crippen LogP contribution in [0.25, 0.3) is 33.0 Å². The van der Waals surface area contributed by atoms with Crippen LogP contribution in [0.1, 0.15) is 15.9 Å². The molecule has 3 N–H and O–H groups in total. The van der Waals surface area contributed by atoms with E-state index in [1.165, 1.54) is 10.9 Å². The predicted molar refractivity (Wildman–Crippen MR) is 111 cm³/mol. The van der Waals surface area contributed by atoms with Gasteiger partial charge in [-0.05, 0) is 45.5 Å². The second kappa shape index (κ2) is 7.06. The SMILES string of the molecule is Cc1ccc(-c2cccc(-c3ccccc3)c2C(=O)NN)c2ccccc12. The number of nitrogens with one attached hydrogen (secondary N) is 1. The number of rotatable bonds is 3. The van der Waals surface area contributed by atoms with E-state index >= 15 is 0 Å². The summed E-state index contributed by atoms with van der Waals surface area (Å²) in [7, 11) is 0. The molecule has 1 amide bonds. The first kappa shape index (κ1) is 17.0. The number of hydrogen-bond donors (Lipinski definition) is 2. The lowest BCUT2D eigenvalue weighted by molar-refractivity contribution is 0.0955. The molecule has 0 atom stereocenters. The van der Waals surface area contributed by atoms with E-state index in [2.05, 4.69) is 36.6 Å². The van der Waals surface area contributed by atoms with E-state index in [-0.39, 0.29) is 5.91 Å². The van der Waals surface area contributed by atoms with Gasteiger partial charge in [0.05, 0.1) is 5.56 Å². The molecule has 0 aliphatic rings. The Labute approximate surface area is 158 Å². The van der Waals surface area contributed by atoms with Crippen LogP contribution in [0.3, 0.4) is 0 Å². The van der Waals surface area contributed by atoms with Gasteiger partial charge in [-0.25, -0.2) is 5.84 Å². The lowest BCUT2D eigenvalue weighted by Gasteiger charge is -2.16. The number of carbonyl (C=O) groups is 1. The second-order valence-electron chi connectivity index (χ2n) is 6.54. The maximum Gasteiger partial charge on any atom is 0.266 e. The standard InChI is InChI=1S/C24H20N2O/c1-16-14-15-21(20-11-6-5-10-18(16)20)22-13-7-12-19(23(22)24(27)26-25)17-8-3-2-4-9-17/h2-15H,25H2,1H3,(H,26,27). The molecule has 4 rings (SSSR count). The van der Waals surface area contributed by atoms with Crippen molar-refractivity contribution in [1.29, 1.82) is 0 Å². The summed E-state index contributed by atoms with van der Waals surface area (Å²) in [5, 5.41) is 2.30. The van der Waals surface area contributed by atoms with Gasteiger partial charge in [0.25, 0.3) is 5.91 Å². The molecule has 0 unspecified atom stereocenters. The number of carbonyl (C=O) groups excluding carboxylic acids is 1. The minimum atomic E-state index is -0.297. The van der Waals surface area contributed by atoms with Gasteiger partial charge in [-0.2, -0.15) is 0 Å². The molecule has 0 spiro atoms. The Kier molecular flexibility index (Phi) is 4.45. The van der Waals surface area contributed by atoms with Gasteiger partial charge < -0.3 is 0 Å². The number of amides is 1. The van der Waals surface area contributed by atoms with Crippen LogP contribution in [0, 0.1) is 6.92 Å². The normalized spacial score (nSPS) is 10.7. The van der Waals surface area contributed by atoms with Crippen LogP contribution < -0.4 is 11.3 Å². The summed E-state index contributed by atoms with van der Waals surface area (Å²) in [6.07, 6.45) is 0. The summed E-state index contributed by atoms with van der Waals surface area (Å²) >= 11 is 0. The quantitative estimate of drug-likeness (QED) is 0.307. The maximum absolute atomic E-state index is 12.8. The van der Waals surface area contributed by atoms with Crippen molar-refractivity contribution in [2.45, 2.75) is 6.92 Å². The molecule has 0 saturated carbocycles. The minimum Gasteiger partial charge on any atom is -0.290 e. The van der Waals surface area contributed by atoms with Crippen molar-refractivity contribution in [3.8, 4) is 22.3 Å². The van der Waals surface area contributed by atoms with Gasteiger partial charge in [0.15, 0.2) is 0 Å². The highest BCUT2D eigenvalue weighted by Crippen LogP contribution is 2.36. The Morgan fingerprint density at radius 3 is 2.11 bits per heavy atom. The third kappa shape index (κ3) is 2.98. The van der Waals surface area contributed by atoms with Gasteiger partial charge in [0, 0.05) is 0 Å². The van der Waals surface area contributed by atoms with E-state index in [4.69, 9.17) is 5.84 Å². The zero-order valence-electron chi connectivity index (χ0n) is 15.1. The molecule has 0 bridgehead atoms. The van der Waals surface area contributed by atoms with Gasteiger partial charge in [0.1, 0.15) is 0 Å². The molecule has 0 fully saturated rings. The molecule has 0 aliphatic carbocycles. The summed E-state index contributed by atoms with van der Waals surface area (Å²) in [6, 6.07) is 28.3. The summed E-state index contributed by atoms with van der Waals surface area (Å²) < 4.78 is 0. The largest absolute Gasteiger partial charge is 0.290 e. The van der Waals surface area contributed by atoms with Gasteiger partial charge in [-0.15, -0.1) is 0 Å². The third-order valence-electron chi connectivity index (χ3n) is 4.94. The van der Waals surface area contributed by atoms with Crippen LogP contribution in [0.4, 0.5) is 0 Å². The van der Waals surface area contributed by atoms with Crippen LogP contribution >= 0.6 is 0 Å². The highest BCUT2D eigenvalue weighted by Gasteiger charge is 2.19. The zero-order chi connectivity index (χ0) is 18.8. The fourth-order valence-corrected chi connectivity index (χ4v) is 3.64. The molecule has 4 aromatic rings. The Balaban J connectivity index is 2.06. The molecular formula is C24H20N2O. The van der Waals surface area contributed by atoms with Crippen LogP contribution in [0.2, 0.25) is 0 Å². The number of benzene rings is 4. The van der Waals surface area contributed by atoms with Crippen molar-refractivity contribution in [2.24, 2.45) is 5.84 Å². The van der Waals surface area contributed by atoms with E-state index in [1.54, 1.807) is 0 Å². The van der Waals surface area contributed by atoms with Crippen molar-refractivity contribution in [2.75, 3.05) is 0 Å². The number of aryl methyl sites for hydroxylation is 1. The first-order chi connectivity index (χ1) is 13.2. The van der Waals surface area contributed by atoms with E-state index < -0.39 is 0 Å². The van der Waals surface area contributed by atoms with Gasteiger partial charge in [0.2, 0.25) is 0 Å². The molecule has 4 aromatic carbocycles. The molecule has 27 heavy (non-hydrogen) atoms. The van der Waals surface area contributed by atoms with Gasteiger partial charge in [-0.3, -0.25) is 10.2 Å². The molecular weight excluding hydrogens is 332 g/mol. The first-order valence-corrected chi connectivity index (χ1v) is 8.89.